The van der Waals surface area contributed by atoms with Crippen molar-refractivity contribution in [3.05, 3.63) is 24.0 Å². The zero-order valence-electron chi connectivity index (χ0n) is 9.20. The fraction of sp³-hybridized carbons (Fsp3) is 0.545. The van der Waals surface area contributed by atoms with Gasteiger partial charge in [-0.05, 0) is 26.3 Å². The summed E-state index contributed by atoms with van der Waals surface area (Å²) in [5.74, 6) is 0. The monoisotopic (exact) mass is 193 g/mol. The van der Waals surface area contributed by atoms with Crippen molar-refractivity contribution in [2.45, 2.75) is 26.8 Å². The van der Waals surface area contributed by atoms with Gasteiger partial charge in [0.05, 0.1) is 5.71 Å². The Kier molecular flexibility index (Phi) is 3.89. The molecule has 3 nitrogen and oxygen atoms in total. The highest BCUT2D eigenvalue weighted by Crippen LogP contribution is 2.15. The number of nitrogens with zero attached hydrogens (tertiary/aromatic N) is 2. The van der Waals surface area contributed by atoms with Gasteiger partial charge in [-0.2, -0.15) is 0 Å². The molecule has 1 saturated heterocycles. The van der Waals surface area contributed by atoms with Crippen LogP contribution in [0.2, 0.25) is 0 Å². The fourth-order valence-corrected chi connectivity index (χ4v) is 1.54. The van der Waals surface area contributed by atoms with Gasteiger partial charge in [-0.15, -0.1) is 0 Å². The average molecular weight is 193 g/mol. The molecule has 0 aromatic heterocycles. The van der Waals surface area contributed by atoms with E-state index in [1.807, 2.05) is 0 Å². The number of rotatable bonds is 2. The predicted molar refractivity (Wildman–Crippen MR) is 61.2 cm³/mol. The van der Waals surface area contributed by atoms with Crippen molar-refractivity contribution in [3.8, 4) is 0 Å². The summed E-state index contributed by atoms with van der Waals surface area (Å²) in [4.78, 5) is 6.72. The first-order valence-corrected chi connectivity index (χ1v) is 5.02. The second-order valence-electron chi connectivity index (χ2n) is 3.73. The Morgan fingerprint density at radius 3 is 2.64 bits per heavy atom. The van der Waals surface area contributed by atoms with E-state index in [1.165, 1.54) is 11.8 Å². The molecule has 0 spiro atoms. The lowest BCUT2D eigenvalue weighted by Gasteiger charge is -2.17. The molecule has 2 N–H and O–H groups in total. The normalized spacial score (nSPS) is 24.9. The molecule has 0 bridgehead atoms. The maximum Gasteiger partial charge on any atom is 0.0586 e. The van der Waals surface area contributed by atoms with Crippen LogP contribution in [0.1, 0.15) is 20.8 Å². The molecular weight excluding hydrogens is 174 g/mol. The minimum Gasteiger partial charge on any atom is -0.403 e. The summed E-state index contributed by atoms with van der Waals surface area (Å²) >= 11 is 0. The first kappa shape index (κ1) is 11.0. The summed E-state index contributed by atoms with van der Waals surface area (Å²) < 4.78 is 0. The van der Waals surface area contributed by atoms with Gasteiger partial charge >= 0.3 is 0 Å². The zero-order valence-corrected chi connectivity index (χ0v) is 9.20. The van der Waals surface area contributed by atoms with Crippen LogP contribution in [0.15, 0.2) is 29.0 Å². The third-order valence-corrected chi connectivity index (χ3v) is 2.49. The molecule has 1 fully saturated rings. The molecule has 0 aromatic carbocycles. The number of allylic oxidation sites excluding steroid dienone is 1. The van der Waals surface area contributed by atoms with Crippen molar-refractivity contribution in [2.75, 3.05) is 13.1 Å². The van der Waals surface area contributed by atoms with Gasteiger partial charge in [-0.3, -0.25) is 9.89 Å². The Labute approximate surface area is 86.0 Å². The molecule has 0 amide bonds. The van der Waals surface area contributed by atoms with Crippen molar-refractivity contribution in [1.29, 1.82) is 0 Å². The van der Waals surface area contributed by atoms with E-state index in [0.29, 0.717) is 6.04 Å². The Morgan fingerprint density at radius 1 is 1.43 bits per heavy atom. The van der Waals surface area contributed by atoms with Gasteiger partial charge in [-0.25, -0.2) is 0 Å². The van der Waals surface area contributed by atoms with Crippen molar-refractivity contribution in [1.82, 2.24) is 4.90 Å². The maximum atomic E-state index is 5.27. The lowest BCUT2D eigenvalue weighted by atomic mass is 10.2. The van der Waals surface area contributed by atoms with E-state index in [4.69, 9.17) is 5.73 Å². The third-order valence-electron chi connectivity index (χ3n) is 2.49. The van der Waals surface area contributed by atoms with Crippen LogP contribution in [0.5, 0.6) is 0 Å². The molecule has 78 valence electrons. The highest BCUT2D eigenvalue weighted by atomic mass is 15.2. The van der Waals surface area contributed by atoms with Crippen LogP contribution in [0.4, 0.5) is 0 Å². The molecule has 1 rings (SSSR count). The van der Waals surface area contributed by atoms with Crippen LogP contribution in [0.25, 0.3) is 0 Å². The smallest absolute Gasteiger partial charge is 0.0586 e. The first-order chi connectivity index (χ1) is 6.69. The van der Waals surface area contributed by atoms with Gasteiger partial charge in [0, 0.05) is 31.5 Å². The summed E-state index contributed by atoms with van der Waals surface area (Å²) in [7, 11) is 0. The molecule has 1 aliphatic rings. The minimum atomic E-state index is 0.569. The van der Waals surface area contributed by atoms with E-state index in [1.54, 1.807) is 6.20 Å². The highest BCUT2D eigenvalue weighted by Gasteiger charge is 2.23. The van der Waals surface area contributed by atoms with Gasteiger partial charge in [-0.1, -0.05) is 6.08 Å². The van der Waals surface area contributed by atoms with E-state index in [2.05, 4.69) is 36.7 Å². The standard InChI is InChI=1S/C11H19N3/c1-4-10-7-14(9(2)3)8-11(10)13-6-5-12/h4-6,9H,7-8,12H2,1-3H3/b6-5-,10-4-,13-11-. The highest BCUT2D eigenvalue weighted by molar-refractivity contribution is 6.04. The fourth-order valence-electron chi connectivity index (χ4n) is 1.54. The lowest BCUT2D eigenvalue weighted by molar-refractivity contribution is 0.294. The van der Waals surface area contributed by atoms with Crippen LogP contribution < -0.4 is 5.73 Å². The van der Waals surface area contributed by atoms with E-state index in [0.717, 1.165) is 18.8 Å². The summed E-state index contributed by atoms with van der Waals surface area (Å²) in [5, 5.41) is 0. The predicted octanol–water partition coefficient (Wildman–Crippen LogP) is 1.53. The molecule has 1 heterocycles. The van der Waals surface area contributed by atoms with Crippen LogP contribution in [-0.2, 0) is 0 Å². The summed E-state index contributed by atoms with van der Waals surface area (Å²) in [6.07, 6.45) is 5.26. The van der Waals surface area contributed by atoms with E-state index >= 15 is 0 Å². The average Bonchev–Trinajstić information content (AvgIpc) is 2.57. The molecule has 14 heavy (non-hydrogen) atoms. The van der Waals surface area contributed by atoms with Gasteiger partial charge in [0.15, 0.2) is 0 Å². The Balaban J connectivity index is 2.78. The van der Waals surface area contributed by atoms with Gasteiger partial charge < -0.3 is 5.73 Å². The van der Waals surface area contributed by atoms with E-state index in [-0.39, 0.29) is 0 Å². The van der Waals surface area contributed by atoms with Crippen molar-refractivity contribution in [3.63, 3.8) is 0 Å². The summed E-state index contributed by atoms with van der Waals surface area (Å²) in [6, 6.07) is 0.569. The van der Waals surface area contributed by atoms with Crippen LogP contribution in [0, 0.1) is 0 Å². The number of nitrogens with two attached hydrogens (primary N) is 1. The van der Waals surface area contributed by atoms with E-state index < -0.39 is 0 Å². The number of aliphatic imine (C=N–C) groups is 1. The molecule has 0 aliphatic carbocycles. The van der Waals surface area contributed by atoms with Crippen molar-refractivity contribution < 1.29 is 0 Å². The summed E-state index contributed by atoms with van der Waals surface area (Å²) in [5.41, 5.74) is 7.73. The molecule has 0 aromatic rings. The Morgan fingerprint density at radius 2 is 2.14 bits per heavy atom. The molecule has 0 radical (unpaired) electrons. The van der Waals surface area contributed by atoms with Crippen molar-refractivity contribution in [2.24, 2.45) is 10.7 Å². The number of hydrogen-bond acceptors (Lipinski definition) is 3. The van der Waals surface area contributed by atoms with Crippen LogP contribution >= 0.6 is 0 Å². The molecule has 0 saturated carbocycles. The SMILES string of the molecule is C/C=C1/CN(C(C)C)C/C1=N/C=C\N. The molecule has 0 atom stereocenters. The zero-order chi connectivity index (χ0) is 10.6. The van der Waals surface area contributed by atoms with Crippen LogP contribution in [0.3, 0.4) is 0 Å². The third kappa shape index (κ3) is 2.45. The number of likely N-dealkylation sites (tertiary alicyclic amines) is 1. The molecule has 3 heteroatoms. The number of hydrogen-bond donors (Lipinski definition) is 1. The molecule has 1 aliphatic heterocycles. The van der Waals surface area contributed by atoms with Crippen LogP contribution in [-0.4, -0.2) is 29.7 Å². The van der Waals surface area contributed by atoms with Gasteiger partial charge in [0.1, 0.15) is 0 Å². The summed E-state index contributed by atoms with van der Waals surface area (Å²) in [6.45, 7) is 8.40. The van der Waals surface area contributed by atoms with Gasteiger partial charge in [0.2, 0.25) is 0 Å². The Hall–Kier alpha value is -1.09. The topological polar surface area (TPSA) is 41.6 Å². The Bertz CT molecular complexity index is 274. The quantitative estimate of drug-likeness (QED) is 0.722. The lowest BCUT2D eigenvalue weighted by Crippen LogP contribution is -2.28. The molecule has 0 unspecified atom stereocenters. The van der Waals surface area contributed by atoms with Gasteiger partial charge in [0.25, 0.3) is 0 Å². The van der Waals surface area contributed by atoms with E-state index in [9.17, 15) is 0 Å². The maximum absolute atomic E-state index is 5.27. The second-order valence-corrected chi connectivity index (χ2v) is 3.73. The largest absolute Gasteiger partial charge is 0.403 e. The van der Waals surface area contributed by atoms with Crippen molar-refractivity contribution >= 4 is 5.71 Å². The first-order valence-electron chi connectivity index (χ1n) is 5.02. The molecular formula is C11H19N3. The second kappa shape index (κ2) is 4.96. The minimum absolute atomic E-state index is 0.569.